The van der Waals surface area contributed by atoms with E-state index >= 15 is 0 Å². The van der Waals surface area contributed by atoms with Gasteiger partial charge in [0, 0.05) is 35.3 Å². The summed E-state index contributed by atoms with van der Waals surface area (Å²) in [5.74, 6) is 2.11. The maximum atomic E-state index is 6.12. The third-order valence-corrected chi connectivity index (χ3v) is 4.56. The normalized spacial score (nSPS) is 14.5. The van der Waals surface area contributed by atoms with Crippen molar-refractivity contribution in [2.75, 3.05) is 5.32 Å². The van der Waals surface area contributed by atoms with E-state index in [1.807, 2.05) is 30.5 Å². The number of rotatable bonds is 3. The molecule has 0 radical (unpaired) electrons. The van der Waals surface area contributed by atoms with Crippen LogP contribution in [0.15, 0.2) is 30.5 Å². The van der Waals surface area contributed by atoms with Crippen LogP contribution in [0.25, 0.3) is 10.9 Å². The van der Waals surface area contributed by atoms with Crippen molar-refractivity contribution < 1.29 is 0 Å². The molecule has 0 bridgehead atoms. The molecule has 4 rings (SSSR count). The van der Waals surface area contributed by atoms with Gasteiger partial charge in [-0.05, 0) is 37.1 Å². The molecule has 5 nitrogen and oxygen atoms in total. The van der Waals surface area contributed by atoms with E-state index in [1.54, 1.807) is 0 Å². The number of aromatic nitrogens is 4. The average Bonchev–Trinajstić information content (AvgIpc) is 2.79. The zero-order valence-corrected chi connectivity index (χ0v) is 13.6. The molecule has 1 aliphatic heterocycles. The lowest BCUT2D eigenvalue weighted by molar-refractivity contribution is 0.610. The molecule has 0 unspecified atom stereocenters. The zero-order chi connectivity index (χ0) is 15.6. The highest BCUT2D eigenvalue weighted by atomic mass is 35.5. The maximum absolute atomic E-state index is 6.12. The van der Waals surface area contributed by atoms with Gasteiger partial charge in [0.05, 0.1) is 12.1 Å². The van der Waals surface area contributed by atoms with Gasteiger partial charge in [0.25, 0.3) is 0 Å². The molecule has 0 saturated heterocycles. The fourth-order valence-corrected chi connectivity index (χ4v) is 3.30. The molecule has 6 heteroatoms. The van der Waals surface area contributed by atoms with Crippen LogP contribution >= 0.6 is 11.6 Å². The molecule has 1 aliphatic rings. The van der Waals surface area contributed by atoms with Crippen molar-refractivity contribution >= 4 is 28.2 Å². The lowest BCUT2D eigenvalue weighted by Crippen LogP contribution is -2.10. The number of benzene rings is 1. The molecule has 1 N–H and O–H groups in total. The minimum absolute atomic E-state index is 0.651. The predicted molar refractivity (Wildman–Crippen MR) is 91.7 cm³/mol. The second-order valence-corrected chi connectivity index (χ2v) is 6.30. The molecule has 1 aromatic carbocycles. The molecular weight excluding hydrogens is 310 g/mol. The van der Waals surface area contributed by atoms with Crippen LogP contribution in [0.5, 0.6) is 0 Å². The summed E-state index contributed by atoms with van der Waals surface area (Å²) >= 11 is 6.12. The van der Waals surface area contributed by atoms with E-state index in [-0.39, 0.29) is 0 Å². The van der Waals surface area contributed by atoms with Gasteiger partial charge < -0.3 is 9.88 Å². The molecule has 118 valence electrons. The van der Waals surface area contributed by atoms with Gasteiger partial charge in [0.15, 0.2) is 5.82 Å². The Morgan fingerprint density at radius 2 is 2.09 bits per heavy atom. The van der Waals surface area contributed by atoms with Gasteiger partial charge >= 0.3 is 0 Å². The Balaban J connectivity index is 1.60. The van der Waals surface area contributed by atoms with Crippen molar-refractivity contribution in [3.8, 4) is 0 Å². The summed E-state index contributed by atoms with van der Waals surface area (Å²) in [6.45, 7) is 1.67. The number of hydrogen-bond donors (Lipinski definition) is 1. The summed E-state index contributed by atoms with van der Waals surface area (Å²) < 4.78 is 2.26. The van der Waals surface area contributed by atoms with Crippen molar-refractivity contribution in [1.82, 2.24) is 19.7 Å². The molecule has 0 spiro atoms. The first-order chi connectivity index (χ1) is 11.3. The lowest BCUT2D eigenvalue weighted by atomic mass is 10.2. The first-order valence-electron chi connectivity index (χ1n) is 8.00. The standard InChI is InChI=1S/C17H18ClN5/c18-12-5-6-14-13(10-12)15(7-8-19-14)20-11-17-22-21-16-4-2-1-3-9-23(16)17/h5-8,10H,1-4,9,11H2,(H,19,20). The molecule has 3 heterocycles. The Morgan fingerprint density at radius 3 is 3.04 bits per heavy atom. The predicted octanol–water partition coefficient (Wildman–Crippen LogP) is 3.82. The van der Waals surface area contributed by atoms with E-state index in [9.17, 15) is 0 Å². The first-order valence-corrected chi connectivity index (χ1v) is 8.38. The van der Waals surface area contributed by atoms with Gasteiger partial charge in [-0.3, -0.25) is 4.98 Å². The third kappa shape index (κ3) is 2.88. The smallest absolute Gasteiger partial charge is 0.152 e. The fraction of sp³-hybridized carbons (Fsp3) is 0.353. The molecule has 3 aromatic rings. The Bertz CT molecular complexity index is 842. The molecule has 0 atom stereocenters. The molecule has 23 heavy (non-hydrogen) atoms. The van der Waals surface area contributed by atoms with E-state index < -0.39 is 0 Å². The Kier molecular flexibility index (Phi) is 3.87. The highest BCUT2D eigenvalue weighted by Crippen LogP contribution is 2.25. The number of nitrogens with one attached hydrogen (secondary N) is 1. The second kappa shape index (κ2) is 6.16. The van der Waals surface area contributed by atoms with Crippen molar-refractivity contribution in [2.45, 2.75) is 38.8 Å². The van der Waals surface area contributed by atoms with Crippen LogP contribution in [0.1, 0.15) is 30.9 Å². The molecule has 0 aliphatic carbocycles. The highest BCUT2D eigenvalue weighted by Gasteiger charge is 2.14. The summed E-state index contributed by atoms with van der Waals surface area (Å²) in [4.78, 5) is 4.38. The van der Waals surface area contributed by atoms with E-state index in [0.29, 0.717) is 11.6 Å². The molecular formula is C17H18ClN5. The minimum atomic E-state index is 0.651. The van der Waals surface area contributed by atoms with Gasteiger partial charge in [-0.15, -0.1) is 10.2 Å². The van der Waals surface area contributed by atoms with Gasteiger partial charge in [-0.25, -0.2) is 0 Å². The fourth-order valence-electron chi connectivity index (χ4n) is 3.12. The Labute approximate surface area is 139 Å². The van der Waals surface area contributed by atoms with Gasteiger partial charge in [-0.2, -0.15) is 0 Å². The molecule has 2 aromatic heterocycles. The molecule has 0 saturated carbocycles. The number of nitrogens with zero attached hydrogens (tertiary/aromatic N) is 4. The van der Waals surface area contributed by atoms with Gasteiger partial charge in [0.1, 0.15) is 5.82 Å². The van der Waals surface area contributed by atoms with Crippen molar-refractivity contribution in [1.29, 1.82) is 0 Å². The highest BCUT2D eigenvalue weighted by molar-refractivity contribution is 6.31. The van der Waals surface area contributed by atoms with Crippen LogP contribution in [0.4, 0.5) is 5.69 Å². The van der Waals surface area contributed by atoms with Crippen LogP contribution in [-0.2, 0) is 19.5 Å². The van der Waals surface area contributed by atoms with Crippen LogP contribution in [0.3, 0.4) is 0 Å². The zero-order valence-electron chi connectivity index (χ0n) is 12.8. The molecule has 0 amide bonds. The third-order valence-electron chi connectivity index (χ3n) is 4.33. The first kappa shape index (κ1) is 14.5. The number of hydrogen-bond acceptors (Lipinski definition) is 4. The average molecular weight is 328 g/mol. The number of pyridine rings is 1. The van der Waals surface area contributed by atoms with Crippen LogP contribution in [0.2, 0.25) is 5.02 Å². The Hall–Kier alpha value is -2.14. The summed E-state index contributed by atoms with van der Waals surface area (Å²) in [5, 5.41) is 13.9. The minimum Gasteiger partial charge on any atom is -0.377 e. The lowest BCUT2D eigenvalue weighted by Gasteiger charge is -2.11. The van der Waals surface area contributed by atoms with Gasteiger partial charge in [-0.1, -0.05) is 18.0 Å². The summed E-state index contributed by atoms with van der Waals surface area (Å²) in [6.07, 6.45) is 6.51. The van der Waals surface area contributed by atoms with E-state index in [2.05, 4.69) is 25.1 Å². The van der Waals surface area contributed by atoms with Crippen molar-refractivity contribution in [2.24, 2.45) is 0 Å². The SMILES string of the molecule is Clc1ccc2nccc(NCc3nnc4n3CCCCC4)c2c1. The van der Waals surface area contributed by atoms with Crippen molar-refractivity contribution in [3.63, 3.8) is 0 Å². The number of fused-ring (bicyclic) bond motifs is 2. The number of halogens is 1. The Morgan fingerprint density at radius 1 is 1.13 bits per heavy atom. The van der Waals surface area contributed by atoms with Crippen LogP contribution in [-0.4, -0.2) is 19.7 Å². The number of aryl methyl sites for hydroxylation is 1. The van der Waals surface area contributed by atoms with Crippen LogP contribution in [0, 0.1) is 0 Å². The summed E-state index contributed by atoms with van der Waals surface area (Å²) in [6, 6.07) is 7.71. The van der Waals surface area contributed by atoms with Crippen molar-refractivity contribution in [3.05, 3.63) is 47.1 Å². The maximum Gasteiger partial charge on any atom is 0.152 e. The van der Waals surface area contributed by atoms with E-state index in [4.69, 9.17) is 11.6 Å². The topological polar surface area (TPSA) is 55.6 Å². The summed E-state index contributed by atoms with van der Waals surface area (Å²) in [5.41, 5.74) is 1.95. The second-order valence-electron chi connectivity index (χ2n) is 5.87. The quantitative estimate of drug-likeness (QED) is 0.794. The van der Waals surface area contributed by atoms with Gasteiger partial charge in [0.2, 0.25) is 0 Å². The van der Waals surface area contributed by atoms with Crippen LogP contribution < -0.4 is 5.32 Å². The van der Waals surface area contributed by atoms with E-state index in [1.165, 1.54) is 19.3 Å². The van der Waals surface area contributed by atoms with E-state index in [0.717, 1.165) is 41.2 Å². The molecule has 0 fully saturated rings. The number of anilines is 1. The summed E-state index contributed by atoms with van der Waals surface area (Å²) in [7, 11) is 0. The monoisotopic (exact) mass is 327 g/mol. The largest absolute Gasteiger partial charge is 0.377 e.